The summed E-state index contributed by atoms with van der Waals surface area (Å²) in [7, 11) is -3.48. The van der Waals surface area contributed by atoms with Gasteiger partial charge in [-0.15, -0.1) is 0 Å². The maximum absolute atomic E-state index is 12.4. The van der Waals surface area contributed by atoms with Crippen LogP contribution in [0.4, 0.5) is 0 Å². The first-order valence-corrected chi connectivity index (χ1v) is 10.0. The van der Waals surface area contributed by atoms with Gasteiger partial charge in [0.15, 0.2) is 5.89 Å². The molecule has 0 saturated heterocycles. The molecule has 2 rings (SSSR count). The van der Waals surface area contributed by atoms with Gasteiger partial charge in [-0.2, -0.15) is 0 Å². The Morgan fingerprint density at radius 1 is 1.12 bits per heavy atom. The number of benzene rings is 1. The van der Waals surface area contributed by atoms with Crippen molar-refractivity contribution in [3.8, 4) is 0 Å². The van der Waals surface area contributed by atoms with Gasteiger partial charge >= 0.3 is 0 Å². The van der Waals surface area contributed by atoms with Crippen molar-refractivity contribution in [2.24, 2.45) is 0 Å². The van der Waals surface area contributed by atoms with Crippen molar-refractivity contribution in [1.29, 1.82) is 0 Å². The van der Waals surface area contributed by atoms with E-state index in [-0.39, 0.29) is 5.41 Å². The fourth-order valence-corrected chi connectivity index (χ4v) is 3.56. The first kappa shape index (κ1) is 19.7. The van der Waals surface area contributed by atoms with Crippen molar-refractivity contribution >= 4 is 10.0 Å². The molecule has 0 aliphatic rings. The molecule has 0 aliphatic carbocycles. The van der Waals surface area contributed by atoms with Crippen LogP contribution in [0.15, 0.2) is 27.5 Å². The summed E-state index contributed by atoms with van der Waals surface area (Å²) in [6, 6.07) is 5.17. The van der Waals surface area contributed by atoms with Crippen LogP contribution in [0.5, 0.6) is 0 Å². The third kappa shape index (κ3) is 4.92. The predicted molar refractivity (Wildman–Crippen MR) is 99.4 cm³/mol. The summed E-state index contributed by atoms with van der Waals surface area (Å²) < 4.78 is 33.2. The normalized spacial score (nSPS) is 12.6. The highest BCUT2D eigenvalue weighted by molar-refractivity contribution is 7.89. The van der Waals surface area contributed by atoms with E-state index in [1.54, 1.807) is 12.1 Å². The van der Waals surface area contributed by atoms with Crippen LogP contribution >= 0.6 is 0 Å². The molecule has 6 heteroatoms. The number of aromatic nitrogens is 1. The lowest BCUT2D eigenvalue weighted by molar-refractivity contribution is 0.370. The maximum atomic E-state index is 12.4. The SMILES string of the molecule is Cc1ccc(S(=O)(=O)NCCCc2oc(C(C)(C)C)nc2C)cc1C. The quantitative estimate of drug-likeness (QED) is 0.791. The first-order valence-electron chi connectivity index (χ1n) is 8.54. The minimum Gasteiger partial charge on any atom is -0.445 e. The summed E-state index contributed by atoms with van der Waals surface area (Å²) in [4.78, 5) is 4.78. The molecule has 0 fully saturated rings. The Morgan fingerprint density at radius 2 is 1.80 bits per heavy atom. The highest BCUT2D eigenvalue weighted by atomic mass is 32.2. The van der Waals surface area contributed by atoms with Gasteiger partial charge in [0.05, 0.1) is 10.6 Å². The Balaban J connectivity index is 1.94. The summed E-state index contributed by atoms with van der Waals surface area (Å²) >= 11 is 0. The Kier molecular flexibility index (Phi) is 5.74. The van der Waals surface area contributed by atoms with Gasteiger partial charge in [-0.25, -0.2) is 18.1 Å². The van der Waals surface area contributed by atoms with E-state index in [2.05, 4.69) is 30.5 Å². The van der Waals surface area contributed by atoms with Gasteiger partial charge in [-0.3, -0.25) is 0 Å². The molecule has 0 spiro atoms. The van der Waals surface area contributed by atoms with Crippen molar-refractivity contribution in [2.45, 2.75) is 64.7 Å². The van der Waals surface area contributed by atoms with Gasteiger partial charge < -0.3 is 4.42 Å². The van der Waals surface area contributed by atoms with Crippen LogP contribution in [-0.2, 0) is 21.9 Å². The molecule has 0 radical (unpaired) electrons. The van der Waals surface area contributed by atoms with Gasteiger partial charge in [-0.05, 0) is 50.5 Å². The topological polar surface area (TPSA) is 72.2 Å². The Labute approximate surface area is 150 Å². The van der Waals surface area contributed by atoms with Gasteiger partial charge in [0.1, 0.15) is 5.76 Å². The Hall–Kier alpha value is -1.66. The highest BCUT2D eigenvalue weighted by Gasteiger charge is 2.22. The van der Waals surface area contributed by atoms with E-state index in [1.165, 1.54) is 0 Å². The van der Waals surface area contributed by atoms with E-state index in [1.807, 2.05) is 26.8 Å². The molecule has 1 aromatic carbocycles. The number of nitrogens with one attached hydrogen (secondary N) is 1. The number of hydrogen-bond donors (Lipinski definition) is 1. The summed E-state index contributed by atoms with van der Waals surface area (Å²) in [5, 5.41) is 0. The molecule has 0 bridgehead atoms. The Morgan fingerprint density at radius 3 is 2.36 bits per heavy atom. The van der Waals surface area contributed by atoms with E-state index in [0.717, 1.165) is 28.5 Å². The van der Waals surface area contributed by atoms with Crippen molar-refractivity contribution in [3.05, 3.63) is 46.7 Å². The van der Waals surface area contributed by atoms with Crippen molar-refractivity contribution in [3.63, 3.8) is 0 Å². The zero-order valence-electron chi connectivity index (χ0n) is 15.9. The molecule has 1 aromatic heterocycles. The molecular formula is C19H28N2O3S. The summed E-state index contributed by atoms with van der Waals surface area (Å²) in [6.07, 6.45) is 1.31. The number of nitrogens with zero attached hydrogens (tertiary/aromatic N) is 1. The zero-order chi connectivity index (χ0) is 18.8. The van der Waals surface area contributed by atoms with Gasteiger partial charge in [0.25, 0.3) is 0 Å². The van der Waals surface area contributed by atoms with E-state index < -0.39 is 10.0 Å². The molecule has 138 valence electrons. The number of aryl methyl sites for hydroxylation is 4. The molecule has 1 heterocycles. The molecule has 0 saturated carbocycles. The van der Waals surface area contributed by atoms with Crippen LogP contribution in [0.1, 0.15) is 55.7 Å². The highest BCUT2D eigenvalue weighted by Crippen LogP contribution is 2.24. The number of sulfonamides is 1. The monoisotopic (exact) mass is 364 g/mol. The van der Waals surface area contributed by atoms with Crippen LogP contribution in [0, 0.1) is 20.8 Å². The molecule has 0 amide bonds. The third-order valence-corrected chi connectivity index (χ3v) is 5.65. The van der Waals surface area contributed by atoms with Crippen molar-refractivity contribution in [2.75, 3.05) is 6.54 Å². The summed E-state index contributed by atoms with van der Waals surface area (Å²) in [6.45, 7) is 12.3. The first-order chi connectivity index (χ1) is 11.5. The minimum absolute atomic E-state index is 0.131. The van der Waals surface area contributed by atoms with Crippen LogP contribution in [0.3, 0.4) is 0 Å². The molecule has 25 heavy (non-hydrogen) atoms. The lowest BCUT2D eigenvalue weighted by atomic mass is 9.97. The van der Waals surface area contributed by atoms with Crippen molar-refractivity contribution in [1.82, 2.24) is 9.71 Å². The number of rotatable bonds is 6. The lowest BCUT2D eigenvalue weighted by Crippen LogP contribution is -2.25. The molecule has 0 atom stereocenters. The zero-order valence-corrected chi connectivity index (χ0v) is 16.8. The van der Waals surface area contributed by atoms with E-state index in [4.69, 9.17) is 4.42 Å². The fourth-order valence-electron chi connectivity index (χ4n) is 2.40. The largest absolute Gasteiger partial charge is 0.445 e. The van der Waals surface area contributed by atoms with Gasteiger partial charge in [0, 0.05) is 18.4 Å². The van der Waals surface area contributed by atoms with Gasteiger partial charge in [-0.1, -0.05) is 26.8 Å². The standard InChI is InChI=1S/C19H28N2O3S/c1-13-9-10-16(12-14(13)2)25(22,23)20-11-7-8-17-15(3)21-18(24-17)19(4,5)6/h9-10,12,20H,7-8,11H2,1-6H3. The van der Waals surface area contributed by atoms with E-state index >= 15 is 0 Å². The third-order valence-electron chi connectivity index (χ3n) is 4.20. The molecule has 5 nitrogen and oxygen atoms in total. The second-order valence-corrected chi connectivity index (χ2v) is 9.29. The molecule has 0 unspecified atom stereocenters. The molecule has 1 N–H and O–H groups in total. The summed E-state index contributed by atoms with van der Waals surface area (Å²) in [5.74, 6) is 1.55. The average molecular weight is 365 g/mol. The molecule has 0 aliphatic heterocycles. The van der Waals surface area contributed by atoms with Crippen molar-refractivity contribution < 1.29 is 12.8 Å². The molecule has 2 aromatic rings. The van der Waals surface area contributed by atoms with Gasteiger partial charge in [0.2, 0.25) is 10.0 Å². The van der Waals surface area contributed by atoms with E-state index in [9.17, 15) is 8.42 Å². The Bertz CT molecular complexity index is 846. The second kappa shape index (κ2) is 7.30. The average Bonchev–Trinajstić information content (AvgIpc) is 2.88. The summed E-state index contributed by atoms with van der Waals surface area (Å²) in [5.41, 5.74) is 2.79. The fraction of sp³-hybridized carbons (Fsp3) is 0.526. The smallest absolute Gasteiger partial charge is 0.240 e. The van der Waals surface area contributed by atoms with Crippen LogP contribution < -0.4 is 4.72 Å². The van der Waals surface area contributed by atoms with Crippen LogP contribution in [-0.4, -0.2) is 19.9 Å². The number of oxazole rings is 1. The lowest BCUT2D eigenvalue weighted by Gasteiger charge is -2.12. The van der Waals surface area contributed by atoms with E-state index in [0.29, 0.717) is 24.3 Å². The van der Waals surface area contributed by atoms with Crippen LogP contribution in [0.25, 0.3) is 0 Å². The minimum atomic E-state index is -3.48. The maximum Gasteiger partial charge on any atom is 0.240 e. The predicted octanol–water partition coefficient (Wildman–Crippen LogP) is 3.81. The molecular weight excluding hydrogens is 336 g/mol. The van der Waals surface area contributed by atoms with Crippen LogP contribution in [0.2, 0.25) is 0 Å². The second-order valence-electron chi connectivity index (χ2n) is 7.52. The number of hydrogen-bond acceptors (Lipinski definition) is 4.